The van der Waals surface area contributed by atoms with Crippen LogP contribution in [0.1, 0.15) is 62.5 Å². The Morgan fingerprint density at radius 1 is 1.18 bits per heavy atom. The van der Waals surface area contributed by atoms with Crippen LogP contribution in [0.25, 0.3) is 17.3 Å². The number of aromatic nitrogens is 4. The zero-order valence-electron chi connectivity index (χ0n) is 17.3. The van der Waals surface area contributed by atoms with E-state index in [2.05, 4.69) is 55.2 Å². The number of nitrogens with one attached hydrogen (secondary N) is 1. The van der Waals surface area contributed by atoms with Crippen molar-refractivity contribution in [1.29, 1.82) is 0 Å². The van der Waals surface area contributed by atoms with Crippen LogP contribution in [0.5, 0.6) is 0 Å². The van der Waals surface area contributed by atoms with Crippen molar-refractivity contribution in [2.75, 3.05) is 6.54 Å². The van der Waals surface area contributed by atoms with Gasteiger partial charge in [-0.05, 0) is 41.7 Å². The molecule has 0 saturated heterocycles. The maximum Gasteiger partial charge on any atom is 0.268 e. The van der Waals surface area contributed by atoms with Crippen LogP contribution in [0.2, 0.25) is 0 Å². The Bertz CT molecular complexity index is 962. The number of carbonyl (C=O) groups is 1. The molecule has 2 heterocycles. The summed E-state index contributed by atoms with van der Waals surface area (Å²) in [6.07, 6.45) is 0. The van der Waals surface area contributed by atoms with Crippen molar-refractivity contribution in [1.82, 2.24) is 25.3 Å². The number of hydrogen-bond acceptors (Lipinski definition) is 5. The van der Waals surface area contributed by atoms with E-state index in [0.717, 1.165) is 11.4 Å². The monoisotopic (exact) mass is 381 g/mol. The third kappa shape index (κ3) is 4.47. The van der Waals surface area contributed by atoms with Crippen LogP contribution in [0.15, 0.2) is 34.7 Å². The lowest BCUT2D eigenvalue weighted by Gasteiger charge is -2.18. The van der Waals surface area contributed by atoms with E-state index in [1.54, 1.807) is 6.92 Å². The molecule has 0 fully saturated rings. The first-order chi connectivity index (χ1) is 13.1. The fraction of sp³-hybridized carbons (Fsp3) is 0.429. The molecule has 1 amide bonds. The average molecular weight is 381 g/mol. The molecule has 1 aromatic carbocycles. The van der Waals surface area contributed by atoms with Crippen LogP contribution in [-0.4, -0.2) is 32.4 Å². The molecule has 7 nitrogen and oxygen atoms in total. The summed E-state index contributed by atoms with van der Waals surface area (Å²) in [4.78, 5) is 12.3. The summed E-state index contributed by atoms with van der Waals surface area (Å²) in [5.41, 5.74) is 3.20. The van der Waals surface area contributed by atoms with Gasteiger partial charge in [0.05, 0.1) is 5.69 Å². The largest absolute Gasteiger partial charge is 0.420 e. The average Bonchev–Trinajstić information content (AvgIpc) is 3.25. The number of rotatable bonds is 5. The van der Waals surface area contributed by atoms with Gasteiger partial charge in [0.2, 0.25) is 5.89 Å². The zero-order chi connectivity index (χ0) is 20.5. The Balaban J connectivity index is 1.87. The molecular formula is C21H27N5O2. The third-order valence-corrected chi connectivity index (χ3v) is 4.23. The van der Waals surface area contributed by atoms with Crippen molar-refractivity contribution in [3.05, 3.63) is 47.5 Å². The Morgan fingerprint density at radius 3 is 2.39 bits per heavy atom. The third-order valence-electron chi connectivity index (χ3n) is 4.23. The zero-order valence-corrected chi connectivity index (χ0v) is 17.3. The molecule has 0 radical (unpaired) electrons. The van der Waals surface area contributed by atoms with Gasteiger partial charge >= 0.3 is 0 Å². The van der Waals surface area contributed by atoms with Crippen LogP contribution in [0.3, 0.4) is 0 Å². The fourth-order valence-electron chi connectivity index (χ4n) is 2.72. The van der Waals surface area contributed by atoms with E-state index in [9.17, 15) is 4.79 Å². The highest BCUT2D eigenvalue weighted by atomic mass is 16.4. The van der Waals surface area contributed by atoms with Crippen LogP contribution >= 0.6 is 0 Å². The smallest absolute Gasteiger partial charge is 0.268 e. The van der Waals surface area contributed by atoms with E-state index in [1.165, 1.54) is 0 Å². The van der Waals surface area contributed by atoms with Crippen LogP contribution in [0.4, 0.5) is 0 Å². The van der Waals surface area contributed by atoms with Gasteiger partial charge in [-0.25, -0.2) is 4.68 Å². The first-order valence-electron chi connectivity index (χ1n) is 9.43. The maximum atomic E-state index is 12.3. The Morgan fingerprint density at radius 2 is 1.86 bits per heavy atom. The number of nitrogens with zero attached hydrogens (tertiary/aromatic N) is 4. The molecule has 3 aromatic rings. The highest BCUT2D eigenvalue weighted by molar-refractivity contribution is 5.94. The fourth-order valence-corrected chi connectivity index (χ4v) is 2.72. The molecule has 7 heteroatoms. The molecule has 0 saturated carbocycles. The van der Waals surface area contributed by atoms with Gasteiger partial charge in [-0.2, -0.15) is 5.10 Å². The van der Waals surface area contributed by atoms with Gasteiger partial charge < -0.3 is 9.73 Å². The van der Waals surface area contributed by atoms with Crippen LogP contribution in [0, 0.1) is 12.3 Å². The van der Waals surface area contributed by atoms with Gasteiger partial charge in [0, 0.05) is 24.7 Å². The molecule has 0 bridgehead atoms. The number of carbonyl (C=O) groups excluding carboxylic acids is 1. The van der Waals surface area contributed by atoms with Gasteiger partial charge in [-0.3, -0.25) is 4.79 Å². The molecule has 0 spiro atoms. The van der Waals surface area contributed by atoms with Crippen LogP contribution < -0.4 is 5.32 Å². The van der Waals surface area contributed by atoms with Gasteiger partial charge in [-0.15, -0.1) is 10.2 Å². The van der Waals surface area contributed by atoms with Gasteiger partial charge in [0.25, 0.3) is 11.8 Å². The van der Waals surface area contributed by atoms with E-state index in [-0.39, 0.29) is 17.2 Å². The molecule has 0 aliphatic heterocycles. The summed E-state index contributed by atoms with van der Waals surface area (Å²) < 4.78 is 7.36. The lowest BCUT2D eigenvalue weighted by Crippen LogP contribution is -2.32. The summed E-state index contributed by atoms with van der Waals surface area (Å²) >= 11 is 0. The maximum absolute atomic E-state index is 12.3. The second kappa shape index (κ2) is 7.58. The standard InChI is InChI=1S/C21H27N5O2/c1-13(2)18-11-17(20-24-23-14(3)28-20)25-26(18)16-9-7-15(8-10-16)19(27)22-12-21(4,5)6/h7-11,13H,12H2,1-6H3,(H,22,27). The van der Waals surface area contributed by atoms with Crippen LogP contribution in [-0.2, 0) is 0 Å². The molecule has 0 aliphatic carbocycles. The topological polar surface area (TPSA) is 85.8 Å². The normalized spacial score (nSPS) is 11.8. The summed E-state index contributed by atoms with van der Waals surface area (Å²) in [7, 11) is 0. The van der Waals surface area contributed by atoms with E-state index >= 15 is 0 Å². The molecule has 28 heavy (non-hydrogen) atoms. The molecule has 3 rings (SSSR count). The summed E-state index contributed by atoms with van der Waals surface area (Å²) in [6, 6.07) is 9.38. The quantitative estimate of drug-likeness (QED) is 0.718. The van der Waals surface area contributed by atoms with Crippen molar-refractivity contribution in [2.24, 2.45) is 5.41 Å². The van der Waals surface area contributed by atoms with E-state index in [0.29, 0.717) is 29.6 Å². The molecule has 2 aromatic heterocycles. The number of benzene rings is 1. The minimum atomic E-state index is -0.0759. The first kappa shape index (κ1) is 19.8. The number of amides is 1. The molecule has 1 N–H and O–H groups in total. The van der Waals surface area contributed by atoms with Crippen molar-refractivity contribution < 1.29 is 9.21 Å². The molecule has 0 atom stereocenters. The molecule has 0 aliphatic rings. The lowest BCUT2D eigenvalue weighted by atomic mass is 9.97. The summed E-state index contributed by atoms with van der Waals surface area (Å²) in [5.74, 6) is 1.07. The number of aryl methyl sites for hydroxylation is 1. The number of hydrogen-bond donors (Lipinski definition) is 1. The van der Waals surface area contributed by atoms with Crippen molar-refractivity contribution in [3.8, 4) is 17.3 Å². The predicted molar refractivity (Wildman–Crippen MR) is 107 cm³/mol. The summed E-state index contributed by atoms with van der Waals surface area (Å²) in [5, 5.41) is 15.5. The van der Waals surface area contributed by atoms with Crippen molar-refractivity contribution in [2.45, 2.75) is 47.5 Å². The minimum Gasteiger partial charge on any atom is -0.420 e. The molecule has 148 valence electrons. The second-order valence-corrected chi connectivity index (χ2v) is 8.44. The minimum absolute atomic E-state index is 0.0420. The Kier molecular flexibility index (Phi) is 5.36. The van der Waals surface area contributed by atoms with Crippen molar-refractivity contribution >= 4 is 5.91 Å². The molecular weight excluding hydrogens is 354 g/mol. The van der Waals surface area contributed by atoms with Gasteiger partial charge in [-0.1, -0.05) is 34.6 Å². The molecule has 0 unspecified atom stereocenters. The summed E-state index contributed by atoms with van der Waals surface area (Å²) in [6.45, 7) is 12.8. The van der Waals surface area contributed by atoms with Gasteiger partial charge in [0.15, 0.2) is 0 Å². The van der Waals surface area contributed by atoms with Gasteiger partial charge in [0.1, 0.15) is 5.69 Å². The first-order valence-corrected chi connectivity index (χ1v) is 9.43. The lowest BCUT2D eigenvalue weighted by molar-refractivity contribution is 0.0939. The highest BCUT2D eigenvalue weighted by Crippen LogP contribution is 2.25. The Labute approximate surface area is 165 Å². The van der Waals surface area contributed by atoms with E-state index in [4.69, 9.17) is 4.42 Å². The van der Waals surface area contributed by atoms with Crippen molar-refractivity contribution in [3.63, 3.8) is 0 Å². The van der Waals surface area contributed by atoms with E-state index < -0.39 is 0 Å². The Hall–Kier alpha value is -2.96. The second-order valence-electron chi connectivity index (χ2n) is 8.44. The van der Waals surface area contributed by atoms with E-state index in [1.807, 2.05) is 35.0 Å². The highest BCUT2D eigenvalue weighted by Gasteiger charge is 2.18. The predicted octanol–water partition coefficient (Wildman–Crippen LogP) is 4.13. The SMILES string of the molecule is Cc1nnc(-c2cc(C(C)C)n(-c3ccc(C(=O)NCC(C)(C)C)cc3)n2)o1.